The number of ether oxygens (including phenoxy) is 1. The lowest BCUT2D eigenvalue weighted by molar-refractivity contribution is -0.137. The first kappa shape index (κ1) is 11.8. The standard InChI is InChI=1S/C7H9FO4S/c1-2-12-7(9)5-3-4-6-13(8,10)11/h3-6H,2H2,1H3/b5-3+,6-4+. The zero-order valence-electron chi connectivity index (χ0n) is 6.94. The highest BCUT2D eigenvalue weighted by atomic mass is 32.3. The molecule has 0 radical (unpaired) electrons. The molecule has 74 valence electrons. The topological polar surface area (TPSA) is 60.4 Å². The third kappa shape index (κ3) is 8.74. The molecule has 6 heteroatoms. The van der Waals surface area contributed by atoms with Crippen LogP contribution in [0.25, 0.3) is 0 Å². The molecule has 0 aromatic rings. The second-order valence-corrected chi connectivity index (χ2v) is 3.14. The van der Waals surface area contributed by atoms with Gasteiger partial charge in [-0.05, 0) is 13.0 Å². The number of rotatable bonds is 4. The van der Waals surface area contributed by atoms with Crippen LogP contribution >= 0.6 is 0 Å². The SMILES string of the molecule is CCOC(=O)/C=C/C=C/S(=O)(=O)F. The second kappa shape index (κ2) is 5.47. The highest BCUT2D eigenvalue weighted by Gasteiger charge is 1.96. The van der Waals surface area contributed by atoms with E-state index < -0.39 is 16.2 Å². The molecule has 0 saturated heterocycles. The zero-order chi connectivity index (χ0) is 10.3. The Morgan fingerprint density at radius 3 is 2.54 bits per heavy atom. The molecule has 0 N–H and O–H groups in total. The maximum atomic E-state index is 11.8. The van der Waals surface area contributed by atoms with Gasteiger partial charge in [0.05, 0.1) is 12.0 Å². The number of allylic oxidation sites excluding steroid dienone is 2. The fourth-order valence-corrected chi connectivity index (χ4v) is 0.742. The van der Waals surface area contributed by atoms with Gasteiger partial charge >= 0.3 is 16.2 Å². The Balaban J connectivity index is 4.02. The van der Waals surface area contributed by atoms with E-state index in [2.05, 4.69) is 4.74 Å². The molecule has 0 aliphatic rings. The molecule has 0 atom stereocenters. The van der Waals surface area contributed by atoms with Crippen LogP contribution in [-0.2, 0) is 19.8 Å². The van der Waals surface area contributed by atoms with Crippen molar-refractivity contribution in [3.8, 4) is 0 Å². The van der Waals surface area contributed by atoms with Gasteiger partial charge in [-0.1, -0.05) is 6.08 Å². The number of esters is 1. The van der Waals surface area contributed by atoms with Gasteiger partial charge < -0.3 is 4.74 Å². The van der Waals surface area contributed by atoms with Crippen molar-refractivity contribution in [2.24, 2.45) is 0 Å². The number of hydrogen-bond acceptors (Lipinski definition) is 4. The van der Waals surface area contributed by atoms with E-state index in [9.17, 15) is 17.1 Å². The number of hydrogen-bond donors (Lipinski definition) is 0. The van der Waals surface area contributed by atoms with Crippen LogP contribution in [0.2, 0.25) is 0 Å². The minimum Gasteiger partial charge on any atom is -0.463 e. The van der Waals surface area contributed by atoms with Gasteiger partial charge in [0, 0.05) is 6.08 Å². The molecule has 0 unspecified atom stereocenters. The van der Waals surface area contributed by atoms with Crippen molar-refractivity contribution in [3.05, 3.63) is 23.6 Å². The summed E-state index contributed by atoms with van der Waals surface area (Å²) in [4.78, 5) is 10.6. The third-order valence-corrected chi connectivity index (χ3v) is 1.35. The highest BCUT2D eigenvalue weighted by Crippen LogP contribution is 1.92. The second-order valence-electron chi connectivity index (χ2n) is 1.92. The Morgan fingerprint density at radius 2 is 2.08 bits per heavy atom. The Morgan fingerprint density at radius 1 is 1.46 bits per heavy atom. The predicted molar refractivity (Wildman–Crippen MR) is 44.9 cm³/mol. The van der Waals surface area contributed by atoms with E-state index >= 15 is 0 Å². The average Bonchev–Trinajstić information content (AvgIpc) is 1.97. The molecule has 0 rings (SSSR count). The number of carbonyl (C=O) groups excluding carboxylic acids is 1. The first-order valence-electron chi connectivity index (χ1n) is 3.42. The lowest BCUT2D eigenvalue weighted by Crippen LogP contribution is -1.98. The van der Waals surface area contributed by atoms with Crippen LogP contribution in [0, 0.1) is 0 Å². The lowest BCUT2D eigenvalue weighted by atomic mass is 10.5. The van der Waals surface area contributed by atoms with E-state index in [-0.39, 0.29) is 6.61 Å². The van der Waals surface area contributed by atoms with Crippen LogP contribution in [0.1, 0.15) is 6.92 Å². The van der Waals surface area contributed by atoms with Crippen molar-refractivity contribution in [1.29, 1.82) is 0 Å². The number of halogens is 1. The first-order chi connectivity index (χ1) is 5.95. The molecule has 13 heavy (non-hydrogen) atoms. The summed E-state index contributed by atoms with van der Waals surface area (Å²) in [5, 5.41) is 0.336. The van der Waals surface area contributed by atoms with Gasteiger partial charge in [-0.25, -0.2) is 4.79 Å². The van der Waals surface area contributed by atoms with E-state index in [0.29, 0.717) is 5.41 Å². The zero-order valence-corrected chi connectivity index (χ0v) is 7.75. The summed E-state index contributed by atoms with van der Waals surface area (Å²) in [5.41, 5.74) is 0. The molecule has 0 aliphatic heterocycles. The smallest absolute Gasteiger partial charge is 0.330 e. The van der Waals surface area contributed by atoms with Gasteiger partial charge in [-0.3, -0.25) is 0 Å². The van der Waals surface area contributed by atoms with Crippen LogP contribution in [0.15, 0.2) is 23.6 Å². The maximum absolute atomic E-state index is 11.8. The van der Waals surface area contributed by atoms with Crippen LogP contribution in [0.5, 0.6) is 0 Å². The van der Waals surface area contributed by atoms with Gasteiger partial charge in [-0.15, -0.1) is 3.89 Å². The third-order valence-electron chi connectivity index (χ3n) is 0.871. The molecule has 0 aliphatic carbocycles. The van der Waals surface area contributed by atoms with Crippen molar-refractivity contribution in [3.63, 3.8) is 0 Å². The fourth-order valence-electron chi connectivity index (χ4n) is 0.464. The fraction of sp³-hybridized carbons (Fsp3) is 0.286. The molecular weight excluding hydrogens is 199 g/mol. The Labute approximate surface area is 75.9 Å². The molecular formula is C7H9FO4S. The van der Waals surface area contributed by atoms with Gasteiger partial charge in [0.1, 0.15) is 0 Å². The summed E-state index contributed by atoms with van der Waals surface area (Å²) >= 11 is 0. The van der Waals surface area contributed by atoms with Gasteiger partial charge in [0.2, 0.25) is 0 Å². The first-order valence-corrected chi connectivity index (χ1v) is 4.86. The van der Waals surface area contributed by atoms with Crippen LogP contribution in [0.3, 0.4) is 0 Å². The van der Waals surface area contributed by atoms with Crippen molar-refractivity contribution in [1.82, 2.24) is 0 Å². The normalized spacial score (nSPS) is 12.5. The number of carbonyl (C=O) groups is 1. The van der Waals surface area contributed by atoms with Crippen molar-refractivity contribution in [2.75, 3.05) is 6.61 Å². The molecule has 0 spiro atoms. The molecule has 0 bridgehead atoms. The molecule has 0 aromatic heterocycles. The van der Waals surface area contributed by atoms with E-state index in [1.807, 2.05) is 0 Å². The quantitative estimate of drug-likeness (QED) is 0.298. The molecule has 0 aromatic carbocycles. The summed E-state index contributed by atoms with van der Waals surface area (Å²) in [6, 6.07) is 0. The highest BCUT2D eigenvalue weighted by molar-refractivity contribution is 7.89. The Kier molecular flexibility index (Phi) is 4.98. The lowest BCUT2D eigenvalue weighted by Gasteiger charge is -1.92. The molecule has 0 fully saturated rings. The minimum atomic E-state index is -4.62. The monoisotopic (exact) mass is 208 g/mol. The maximum Gasteiger partial charge on any atom is 0.330 e. The summed E-state index contributed by atoms with van der Waals surface area (Å²) < 4.78 is 36.1. The molecule has 0 saturated carbocycles. The van der Waals surface area contributed by atoms with E-state index in [1.165, 1.54) is 0 Å². The van der Waals surface area contributed by atoms with Crippen molar-refractivity contribution >= 4 is 16.2 Å². The summed E-state index contributed by atoms with van der Waals surface area (Å²) in [5.74, 6) is -0.608. The van der Waals surface area contributed by atoms with Gasteiger partial charge in [0.25, 0.3) is 0 Å². The van der Waals surface area contributed by atoms with E-state index in [4.69, 9.17) is 0 Å². The molecule has 0 amide bonds. The molecule has 0 heterocycles. The van der Waals surface area contributed by atoms with E-state index in [0.717, 1.165) is 18.2 Å². The summed E-state index contributed by atoms with van der Waals surface area (Å²) in [6.45, 7) is 1.86. The van der Waals surface area contributed by atoms with Crippen molar-refractivity contribution in [2.45, 2.75) is 6.92 Å². The van der Waals surface area contributed by atoms with Crippen LogP contribution in [0.4, 0.5) is 3.89 Å². The largest absolute Gasteiger partial charge is 0.463 e. The Hall–Kier alpha value is -1.17. The predicted octanol–water partition coefficient (Wildman–Crippen LogP) is 0.919. The average molecular weight is 208 g/mol. The van der Waals surface area contributed by atoms with Gasteiger partial charge in [0.15, 0.2) is 0 Å². The molecule has 4 nitrogen and oxygen atoms in total. The minimum absolute atomic E-state index is 0.230. The summed E-state index contributed by atoms with van der Waals surface area (Å²) in [6.07, 6.45) is 2.96. The summed E-state index contributed by atoms with van der Waals surface area (Å²) in [7, 11) is -4.62. The van der Waals surface area contributed by atoms with Crippen LogP contribution in [-0.4, -0.2) is 21.0 Å². The van der Waals surface area contributed by atoms with Gasteiger partial charge in [-0.2, -0.15) is 8.42 Å². The Bertz CT molecular complexity index is 315. The van der Waals surface area contributed by atoms with E-state index in [1.54, 1.807) is 6.92 Å². The van der Waals surface area contributed by atoms with Crippen LogP contribution < -0.4 is 0 Å². The van der Waals surface area contributed by atoms with Crippen molar-refractivity contribution < 1.29 is 21.8 Å².